The van der Waals surface area contributed by atoms with Crippen LogP contribution in [0.1, 0.15) is 17.8 Å². The van der Waals surface area contributed by atoms with Gasteiger partial charge >= 0.3 is 0 Å². The second kappa shape index (κ2) is 6.78. The summed E-state index contributed by atoms with van der Waals surface area (Å²) in [6, 6.07) is 7.51. The molecule has 130 valence electrons. The van der Waals surface area contributed by atoms with E-state index in [2.05, 4.69) is 4.98 Å². The van der Waals surface area contributed by atoms with Crippen molar-refractivity contribution in [2.45, 2.75) is 18.9 Å². The Morgan fingerprint density at radius 2 is 2.32 bits per heavy atom. The number of nitrogens with zero attached hydrogens (tertiary/aromatic N) is 2. The van der Waals surface area contributed by atoms with Crippen molar-refractivity contribution in [1.82, 2.24) is 9.88 Å². The topological polar surface area (TPSA) is 69.4 Å². The Bertz CT molecular complexity index is 842. The Morgan fingerprint density at radius 1 is 1.44 bits per heavy atom. The average molecular weight is 376 g/mol. The maximum absolute atomic E-state index is 10.4. The first-order chi connectivity index (χ1) is 12.1. The largest absolute Gasteiger partial charge is 0.510 e. The van der Waals surface area contributed by atoms with Gasteiger partial charge in [0.1, 0.15) is 16.6 Å². The predicted octanol–water partition coefficient (Wildman–Crippen LogP) is 4.20. The highest BCUT2D eigenvalue weighted by molar-refractivity contribution is 7.11. The van der Waals surface area contributed by atoms with E-state index in [0.717, 1.165) is 30.7 Å². The van der Waals surface area contributed by atoms with Gasteiger partial charge in [-0.3, -0.25) is 5.41 Å². The van der Waals surface area contributed by atoms with Gasteiger partial charge in [0.2, 0.25) is 0 Å². The molecule has 2 aliphatic rings. The maximum atomic E-state index is 10.4. The first kappa shape index (κ1) is 16.6. The maximum Gasteiger partial charge on any atom is 0.135 e. The summed E-state index contributed by atoms with van der Waals surface area (Å²) in [6.45, 7) is 1.77. The van der Waals surface area contributed by atoms with E-state index >= 15 is 0 Å². The normalized spacial score (nSPS) is 20.8. The third-order valence-corrected chi connectivity index (χ3v) is 5.56. The summed E-state index contributed by atoms with van der Waals surface area (Å²) >= 11 is 7.48. The lowest BCUT2D eigenvalue weighted by Crippen LogP contribution is -2.34. The van der Waals surface area contributed by atoms with Crippen LogP contribution in [0.3, 0.4) is 0 Å². The van der Waals surface area contributed by atoms with Crippen molar-refractivity contribution in [2.75, 3.05) is 19.7 Å². The first-order valence-electron chi connectivity index (χ1n) is 8.21. The fourth-order valence-corrected chi connectivity index (χ4v) is 4.30. The first-order valence-corrected chi connectivity index (χ1v) is 9.47. The van der Waals surface area contributed by atoms with Gasteiger partial charge in [0.25, 0.3) is 0 Å². The second-order valence-electron chi connectivity index (χ2n) is 6.23. The van der Waals surface area contributed by atoms with Gasteiger partial charge < -0.3 is 14.7 Å². The number of rotatable bonds is 4. The molecule has 3 heterocycles. The molecule has 5 nitrogen and oxygen atoms in total. The fourth-order valence-electron chi connectivity index (χ4n) is 3.22. The minimum Gasteiger partial charge on any atom is -0.510 e. The molecule has 1 fully saturated rings. The van der Waals surface area contributed by atoms with E-state index < -0.39 is 0 Å². The summed E-state index contributed by atoms with van der Waals surface area (Å²) in [5.74, 6) is 0.523. The number of ether oxygens (including phenoxy) is 1. The summed E-state index contributed by atoms with van der Waals surface area (Å²) in [6.07, 6.45) is 2.22. The van der Waals surface area contributed by atoms with Gasteiger partial charge in [-0.2, -0.15) is 0 Å². The van der Waals surface area contributed by atoms with Gasteiger partial charge in [-0.25, -0.2) is 4.98 Å². The zero-order valence-electron chi connectivity index (χ0n) is 13.5. The quantitative estimate of drug-likeness (QED) is 0.840. The SMILES string of the molecule is N=C1C(c2nc(-c3cccc(Cl)c3)cs2)=C(O)CN1C[C@@H]1CCCO1. The van der Waals surface area contributed by atoms with Crippen LogP contribution in [-0.4, -0.2) is 46.6 Å². The molecule has 1 aromatic heterocycles. The lowest BCUT2D eigenvalue weighted by atomic mass is 10.2. The molecular weight excluding hydrogens is 358 g/mol. The van der Waals surface area contributed by atoms with E-state index in [4.69, 9.17) is 21.7 Å². The summed E-state index contributed by atoms with van der Waals surface area (Å²) in [5.41, 5.74) is 2.25. The van der Waals surface area contributed by atoms with Gasteiger partial charge in [-0.15, -0.1) is 11.3 Å². The minimum atomic E-state index is 0.144. The van der Waals surface area contributed by atoms with Gasteiger partial charge in [0.05, 0.1) is 23.9 Å². The molecule has 2 N–H and O–H groups in total. The number of thiazole rings is 1. The molecule has 0 unspecified atom stereocenters. The van der Waals surface area contributed by atoms with Crippen LogP contribution in [-0.2, 0) is 4.74 Å². The lowest BCUT2D eigenvalue weighted by molar-refractivity contribution is 0.0924. The number of hydrogen-bond donors (Lipinski definition) is 2. The number of nitrogens with one attached hydrogen (secondary N) is 1. The molecule has 0 radical (unpaired) electrons. The van der Waals surface area contributed by atoms with Crippen molar-refractivity contribution in [3.05, 3.63) is 45.4 Å². The van der Waals surface area contributed by atoms with Crippen molar-refractivity contribution in [3.63, 3.8) is 0 Å². The van der Waals surface area contributed by atoms with Crippen LogP contribution in [0.25, 0.3) is 16.8 Å². The molecule has 0 amide bonds. The number of halogens is 1. The Hall–Kier alpha value is -1.89. The Labute approximate surface area is 155 Å². The molecule has 0 saturated carbocycles. The van der Waals surface area contributed by atoms with Gasteiger partial charge in [-0.05, 0) is 25.0 Å². The van der Waals surface area contributed by atoms with E-state index in [1.807, 2.05) is 34.5 Å². The summed E-state index contributed by atoms with van der Waals surface area (Å²) < 4.78 is 5.65. The molecular formula is C18H18ClN3O2S. The minimum absolute atomic E-state index is 0.144. The highest BCUT2D eigenvalue weighted by Crippen LogP contribution is 2.33. The van der Waals surface area contributed by atoms with Gasteiger partial charge in [0.15, 0.2) is 0 Å². The number of amidine groups is 1. The Balaban J connectivity index is 1.55. The number of hydrogen-bond acceptors (Lipinski definition) is 5. The van der Waals surface area contributed by atoms with Crippen molar-refractivity contribution in [2.24, 2.45) is 0 Å². The van der Waals surface area contributed by atoms with Crippen molar-refractivity contribution >= 4 is 34.3 Å². The monoisotopic (exact) mass is 375 g/mol. The second-order valence-corrected chi connectivity index (χ2v) is 7.53. The Kier molecular flexibility index (Phi) is 4.50. The molecule has 0 bridgehead atoms. The van der Waals surface area contributed by atoms with E-state index in [9.17, 15) is 5.11 Å². The van der Waals surface area contributed by atoms with Gasteiger partial charge in [-0.1, -0.05) is 23.7 Å². The van der Waals surface area contributed by atoms with Crippen LogP contribution in [0.2, 0.25) is 5.02 Å². The molecule has 0 spiro atoms. The van der Waals surface area contributed by atoms with Crippen molar-refractivity contribution in [3.8, 4) is 11.3 Å². The van der Waals surface area contributed by atoms with Crippen LogP contribution in [0.5, 0.6) is 0 Å². The summed E-state index contributed by atoms with van der Waals surface area (Å²) in [4.78, 5) is 6.48. The van der Waals surface area contributed by atoms with Crippen molar-refractivity contribution in [1.29, 1.82) is 5.41 Å². The third-order valence-electron chi connectivity index (χ3n) is 4.47. The molecule has 4 rings (SSSR count). The van der Waals surface area contributed by atoms with Crippen molar-refractivity contribution < 1.29 is 9.84 Å². The smallest absolute Gasteiger partial charge is 0.135 e. The molecule has 2 aromatic rings. The zero-order valence-corrected chi connectivity index (χ0v) is 15.1. The van der Waals surface area contributed by atoms with E-state index in [1.165, 1.54) is 11.3 Å². The molecule has 1 saturated heterocycles. The number of aliphatic hydroxyl groups is 1. The molecule has 1 aromatic carbocycles. The van der Waals surface area contributed by atoms with Crippen LogP contribution < -0.4 is 0 Å². The van der Waals surface area contributed by atoms with Crippen LogP contribution >= 0.6 is 22.9 Å². The summed E-state index contributed by atoms with van der Waals surface area (Å²) in [5, 5.41) is 22.1. The standard InChI is InChI=1S/C18H18ClN3O2S/c19-12-4-1-3-11(7-12)14-10-25-18(21-14)16-15(23)9-22(17(16)20)8-13-5-2-6-24-13/h1,3-4,7,10,13,20,23H,2,5-6,8-9H2/t13-/m0/s1. The molecule has 0 aliphatic carbocycles. The molecule has 7 heteroatoms. The number of aromatic nitrogens is 1. The van der Waals surface area contributed by atoms with Gasteiger partial charge in [0, 0.05) is 29.1 Å². The van der Waals surface area contributed by atoms with Crippen LogP contribution in [0.4, 0.5) is 0 Å². The third kappa shape index (κ3) is 3.29. The average Bonchev–Trinajstić information content (AvgIpc) is 3.30. The molecule has 1 atom stereocenters. The fraction of sp³-hybridized carbons (Fsp3) is 0.333. The zero-order chi connectivity index (χ0) is 17.4. The highest BCUT2D eigenvalue weighted by atomic mass is 35.5. The molecule has 2 aliphatic heterocycles. The van der Waals surface area contributed by atoms with Crippen LogP contribution in [0, 0.1) is 5.41 Å². The number of benzene rings is 1. The Morgan fingerprint density at radius 3 is 3.08 bits per heavy atom. The summed E-state index contributed by atoms with van der Waals surface area (Å²) in [7, 11) is 0. The molecule has 25 heavy (non-hydrogen) atoms. The van der Waals surface area contributed by atoms with E-state index in [-0.39, 0.29) is 11.9 Å². The predicted molar refractivity (Wildman–Crippen MR) is 100 cm³/mol. The number of aliphatic hydroxyl groups excluding tert-OH is 1. The lowest BCUT2D eigenvalue weighted by Gasteiger charge is -2.21. The van der Waals surface area contributed by atoms with Crippen LogP contribution in [0.15, 0.2) is 35.4 Å². The highest BCUT2D eigenvalue weighted by Gasteiger charge is 2.32. The van der Waals surface area contributed by atoms with E-state index in [0.29, 0.717) is 34.5 Å². The van der Waals surface area contributed by atoms with E-state index in [1.54, 1.807) is 0 Å².